The summed E-state index contributed by atoms with van der Waals surface area (Å²) in [6.07, 6.45) is 0. The molecule has 1 atom stereocenters. The number of nitrogens with two attached hydrogens (primary N) is 1. The van der Waals surface area contributed by atoms with Crippen molar-refractivity contribution in [1.82, 2.24) is 5.32 Å². The zero-order valence-corrected chi connectivity index (χ0v) is 13.8. The van der Waals surface area contributed by atoms with E-state index in [1.54, 1.807) is 0 Å². The second-order valence-corrected chi connectivity index (χ2v) is 6.68. The Morgan fingerprint density at radius 3 is 2.29 bits per heavy atom. The second kappa shape index (κ2) is 7.46. The number of carbonyl (C=O) groups is 1. The van der Waals surface area contributed by atoms with E-state index < -0.39 is 6.04 Å². The van der Waals surface area contributed by atoms with E-state index in [9.17, 15) is 4.79 Å². The fourth-order valence-corrected chi connectivity index (χ4v) is 1.81. The summed E-state index contributed by atoms with van der Waals surface area (Å²) in [5.74, 6) is 0.818. The maximum atomic E-state index is 11.7. The maximum absolute atomic E-state index is 11.7. The molecule has 21 heavy (non-hydrogen) atoms. The summed E-state index contributed by atoms with van der Waals surface area (Å²) in [4.78, 5) is 11.7. The molecule has 0 fully saturated rings. The molecule has 0 saturated heterocycles. The fourth-order valence-electron chi connectivity index (χ4n) is 1.81. The van der Waals surface area contributed by atoms with Crippen LogP contribution in [0.1, 0.15) is 40.2 Å². The van der Waals surface area contributed by atoms with Gasteiger partial charge >= 0.3 is 0 Å². The van der Waals surface area contributed by atoms with Gasteiger partial charge in [0, 0.05) is 0 Å². The molecular weight excluding hydrogens is 264 g/mol. The first-order chi connectivity index (χ1) is 9.71. The van der Waals surface area contributed by atoms with Gasteiger partial charge in [0.25, 0.3) is 0 Å². The largest absolute Gasteiger partial charge is 0.492 e. The van der Waals surface area contributed by atoms with Crippen molar-refractivity contribution in [2.24, 2.45) is 11.7 Å². The molecular formula is C17H28N2O2. The summed E-state index contributed by atoms with van der Waals surface area (Å²) < 4.78 is 5.61. The average Bonchev–Trinajstić information content (AvgIpc) is 2.42. The van der Waals surface area contributed by atoms with Gasteiger partial charge in [0.05, 0.1) is 12.6 Å². The highest BCUT2D eigenvalue weighted by atomic mass is 16.5. The lowest BCUT2D eigenvalue weighted by molar-refractivity contribution is -0.123. The molecule has 0 aliphatic heterocycles. The van der Waals surface area contributed by atoms with Crippen LogP contribution in [-0.4, -0.2) is 25.1 Å². The highest BCUT2D eigenvalue weighted by Gasteiger charge is 2.16. The molecule has 1 rings (SSSR count). The van der Waals surface area contributed by atoms with Crippen molar-refractivity contribution in [3.63, 3.8) is 0 Å². The highest BCUT2D eigenvalue weighted by molar-refractivity contribution is 5.81. The molecule has 4 nitrogen and oxygen atoms in total. The Hall–Kier alpha value is -1.55. The molecule has 0 aromatic heterocycles. The predicted molar refractivity (Wildman–Crippen MR) is 86.5 cm³/mol. The molecule has 3 N–H and O–H groups in total. The standard InChI is InChI=1S/C17H28N2O2/c1-12(2)15(18)16(20)19-10-11-21-14-8-6-13(7-9-14)17(3,4)5/h6-9,12,15H,10-11,18H2,1-5H3,(H,19,20)/t15-/m0/s1. The van der Waals surface area contributed by atoms with Crippen LogP contribution in [0.3, 0.4) is 0 Å². The van der Waals surface area contributed by atoms with E-state index in [1.807, 2.05) is 26.0 Å². The van der Waals surface area contributed by atoms with E-state index in [4.69, 9.17) is 10.5 Å². The summed E-state index contributed by atoms with van der Waals surface area (Å²) in [5.41, 5.74) is 7.17. The van der Waals surface area contributed by atoms with Gasteiger partial charge in [-0.3, -0.25) is 4.79 Å². The molecule has 0 radical (unpaired) electrons. The molecule has 0 aliphatic carbocycles. The number of hydrogen-bond acceptors (Lipinski definition) is 3. The highest BCUT2D eigenvalue weighted by Crippen LogP contribution is 2.24. The van der Waals surface area contributed by atoms with Crippen molar-refractivity contribution in [1.29, 1.82) is 0 Å². The molecule has 1 aromatic carbocycles. The first-order valence-electron chi connectivity index (χ1n) is 7.48. The Kier molecular flexibility index (Phi) is 6.21. The van der Waals surface area contributed by atoms with Crippen LogP contribution in [0.2, 0.25) is 0 Å². The van der Waals surface area contributed by atoms with Crippen molar-refractivity contribution >= 4 is 5.91 Å². The molecule has 118 valence electrons. The van der Waals surface area contributed by atoms with Gasteiger partial charge in [0.15, 0.2) is 0 Å². The van der Waals surface area contributed by atoms with E-state index in [0.717, 1.165) is 5.75 Å². The Bertz CT molecular complexity index is 447. The van der Waals surface area contributed by atoms with Crippen molar-refractivity contribution in [2.75, 3.05) is 13.2 Å². The second-order valence-electron chi connectivity index (χ2n) is 6.68. The smallest absolute Gasteiger partial charge is 0.237 e. The number of ether oxygens (including phenoxy) is 1. The molecule has 0 spiro atoms. The summed E-state index contributed by atoms with van der Waals surface area (Å²) in [7, 11) is 0. The van der Waals surface area contributed by atoms with Crippen LogP contribution in [0.4, 0.5) is 0 Å². The fraction of sp³-hybridized carbons (Fsp3) is 0.588. The Morgan fingerprint density at radius 1 is 1.24 bits per heavy atom. The molecule has 1 aromatic rings. The third-order valence-corrected chi connectivity index (χ3v) is 3.41. The van der Waals surface area contributed by atoms with Crippen LogP contribution in [-0.2, 0) is 10.2 Å². The zero-order valence-electron chi connectivity index (χ0n) is 13.8. The van der Waals surface area contributed by atoms with Gasteiger partial charge in [-0.15, -0.1) is 0 Å². The first kappa shape index (κ1) is 17.5. The molecule has 0 aliphatic rings. The molecule has 0 unspecified atom stereocenters. The van der Waals surface area contributed by atoms with Crippen LogP contribution < -0.4 is 15.8 Å². The third kappa shape index (κ3) is 5.76. The number of hydrogen-bond donors (Lipinski definition) is 2. The SMILES string of the molecule is CC(C)[C@H](N)C(=O)NCCOc1ccc(C(C)(C)C)cc1. The lowest BCUT2D eigenvalue weighted by atomic mass is 9.87. The zero-order chi connectivity index (χ0) is 16.0. The van der Waals surface area contributed by atoms with Crippen molar-refractivity contribution < 1.29 is 9.53 Å². The quantitative estimate of drug-likeness (QED) is 0.792. The average molecular weight is 292 g/mol. The van der Waals surface area contributed by atoms with E-state index in [1.165, 1.54) is 5.56 Å². The maximum Gasteiger partial charge on any atom is 0.237 e. The van der Waals surface area contributed by atoms with Gasteiger partial charge in [-0.05, 0) is 29.0 Å². The van der Waals surface area contributed by atoms with Crippen molar-refractivity contribution in [3.05, 3.63) is 29.8 Å². The van der Waals surface area contributed by atoms with Gasteiger partial charge in [-0.1, -0.05) is 46.8 Å². The normalized spacial score (nSPS) is 13.1. The van der Waals surface area contributed by atoms with Crippen molar-refractivity contribution in [3.8, 4) is 5.75 Å². The van der Waals surface area contributed by atoms with Crippen LogP contribution in [0.5, 0.6) is 5.75 Å². The lowest BCUT2D eigenvalue weighted by Crippen LogP contribution is -2.45. The molecule has 0 heterocycles. The van der Waals surface area contributed by atoms with E-state index in [2.05, 4.69) is 38.2 Å². The van der Waals surface area contributed by atoms with Gasteiger partial charge < -0.3 is 15.8 Å². The summed E-state index contributed by atoms with van der Waals surface area (Å²) in [5, 5.41) is 2.78. The van der Waals surface area contributed by atoms with E-state index >= 15 is 0 Å². The molecule has 0 bridgehead atoms. The number of benzene rings is 1. The summed E-state index contributed by atoms with van der Waals surface area (Å²) >= 11 is 0. The van der Waals surface area contributed by atoms with E-state index in [-0.39, 0.29) is 17.2 Å². The minimum absolute atomic E-state index is 0.128. The summed E-state index contributed by atoms with van der Waals surface area (Å²) in [6.45, 7) is 11.3. The van der Waals surface area contributed by atoms with Gasteiger partial charge in [-0.25, -0.2) is 0 Å². The lowest BCUT2D eigenvalue weighted by Gasteiger charge is -2.19. The first-order valence-corrected chi connectivity index (χ1v) is 7.48. The molecule has 0 saturated carbocycles. The van der Waals surface area contributed by atoms with Crippen LogP contribution >= 0.6 is 0 Å². The summed E-state index contributed by atoms with van der Waals surface area (Å²) in [6, 6.07) is 7.60. The van der Waals surface area contributed by atoms with Gasteiger partial charge in [0.1, 0.15) is 12.4 Å². The third-order valence-electron chi connectivity index (χ3n) is 3.41. The van der Waals surface area contributed by atoms with Gasteiger partial charge in [-0.2, -0.15) is 0 Å². The van der Waals surface area contributed by atoms with Gasteiger partial charge in [0.2, 0.25) is 5.91 Å². The number of carbonyl (C=O) groups excluding carboxylic acids is 1. The Morgan fingerprint density at radius 2 is 1.81 bits per heavy atom. The topological polar surface area (TPSA) is 64.4 Å². The van der Waals surface area contributed by atoms with Crippen molar-refractivity contribution in [2.45, 2.75) is 46.1 Å². The predicted octanol–water partition coefficient (Wildman–Crippen LogP) is 2.46. The van der Waals surface area contributed by atoms with E-state index in [0.29, 0.717) is 13.2 Å². The minimum atomic E-state index is -0.462. The van der Waals surface area contributed by atoms with Crippen LogP contribution in [0.15, 0.2) is 24.3 Å². The molecule has 4 heteroatoms. The number of amides is 1. The Labute approximate surface area is 128 Å². The van der Waals surface area contributed by atoms with Crippen LogP contribution in [0.25, 0.3) is 0 Å². The number of nitrogens with one attached hydrogen (secondary N) is 1. The number of rotatable bonds is 6. The monoisotopic (exact) mass is 292 g/mol. The Balaban J connectivity index is 2.35. The molecule has 1 amide bonds. The minimum Gasteiger partial charge on any atom is -0.492 e. The van der Waals surface area contributed by atoms with Crippen LogP contribution in [0, 0.1) is 5.92 Å².